The number of aromatic nitrogens is 4. The van der Waals surface area contributed by atoms with E-state index in [1.807, 2.05) is 7.05 Å². The quantitative estimate of drug-likeness (QED) is 0.791. The molecule has 20 heavy (non-hydrogen) atoms. The Hall–Kier alpha value is -1.89. The van der Waals surface area contributed by atoms with Crippen molar-refractivity contribution in [1.29, 1.82) is 0 Å². The molecule has 2 rings (SSSR count). The minimum atomic E-state index is 0.602. The number of nitrogens with zero attached hydrogens (tertiary/aromatic N) is 5. The molecular weight excluding hydrogens is 254 g/mol. The summed E-state index contributed by atoms with van der Waals surface area (Å²) in [6.45, 7) is 5.07. The molecule has 0 atom stereocenters. The second-order valence-electron chi connectivity index (χ2n) is 4.96. The molecule has 2 aromatic rings. The third-order valence-corrected chi connectivity index (χ3v) is 3.20. The van der Waals surface area contributed by atoms with E-state index < -0.39 is 0 Å². The normalized spacial score (nSPS) is 11.2. The van der Waals surface area contributed by atoms with E-state index >= 15 is 0 Å². The van der Waals surface area contributed by atoms with Gasteiger partial charge in [-0.3, -0.25) is 0 Å². The van der Waals surface area contributed by atoms with Crippen LogP contribution in [0.15, 0.2) is 6.33 Å². The zero-order valence-corrected chi connectivity index (χ0v) is 12.6. The highest BCUT2D eigenvalue weighted by Gasteiger charge is 2.14. The van der Waals surface area contributed by atoms with Crippen molar-refractivity contribution < 1.29 is 0 Å². The Labute approximate surface area is 119 Å². The number of hydrogen-bond donors (Lipinski definition) is 2. The lowest BCUT2D eigenvalue weighted by molar-refractivity contribution is 0.400. The van der Waals surface area contributed by atoms with Gasteiger partial charge in [-0.1, -0.05) is 0 Å². The number of H-pyrrole nitrogens is 1. The van der Waals surface area contributed by atoms with Crippen LogP contribution in [-0.2, 0) is 0 Å². The van der Waals surface area contributed by atoms with E-state index in [9.17, 15) is 0 Å². The molecule has 0 unspecified atom stereocenters. The van der Waals surface area contributed by atoms with Crippen molar-refractivity contribution in [3.8, 4) is 0 Å². The Morgan fingerprint density at radius 1 is 1.25 bits per heavy atom. The van der Waals surface area contributed by atoms with E-state index in [-0.39, 0.29) is 0 Å². The Morgan fingerprint density at radius 3 is 2.70 bits per heavy atom. The summed E-state index contributed by atoms with van der Waals surface area (Å²) in [4.78, 5) is 20.7. The summed E-state index contributed by atoms with van der Waals surface area (Å²) in [6, 6.07) is 0. The van der Waals surface area contributed by atoms with Crippen LogP contribution in [0.5, 0.6) is 0 Å². The fraction of sp³-hybridized carbons (Fsp3) is 0.615. The standard InChI is InChI=1S/C13H23N7/c1-5-20(8-6-7-19(3)4)12-10-11(16-9-15-10)17-13(14-2)18-12/h9H,5-8H2,1-4H3,(H2,14,15,16,17,18). The Kier molecular flexibility index (Phi) is 4.73. The lowest BCUT2D eigenvalue weighted by atomic mass is 10.3. The zero-order chi connectivity index (χ0) is 14.5. The van der Waals surface area contributed by atoms with E-state index in [1.54, 1.807) is 6.33 Å². The lowest BCUT2D eigenvalue weighted by Gasteiger charge is -2.23. The molecule has 0 fully saturated rings. The zero-order valence-electron chi connectivity index (χ0n) is 12.6. The minimum absolute atomic E-state index is 0.602. The molecule has 0 aliphatic carbocycles. The highest BCUT2D eigenvalue weighted by molar-refractivity contribution is 5.84. The van der Waals surface area contributed by atoms with E-state index in [4.69, 9.17) is 0 Å². The Balaban J connectivity index is 2.25. The van der Waals surface area contributed by atoms with E-state index in [0.29, 0.717) is 11.6 Å². The molecule has 2 heterocycles. The molecule has 7 heteroatoms. The topological polar surface area (TPSA) is 73.0 Å². The molecule has 2 N–H and O–H groups in total. The SMILES string of the molecule is CCN(CCCN(C)C)c1nc(NC)nc2nc[nH]c12. The molecule has 0 saturated carbocycles. The van der Waals surface area contributed by atoms with Crippen LogP contribution in [0.1, 0.15) is 13.3 Å². The molecule has 0 amide bonds. The molecule has 7 nitrogen and oxygen atoms in total. The van der Waals surface area contributed by atoms with Crippen LogP contribution < -0.4 is 10.2 Å². The van der Waals surface area contributed by atoms with Gasteiger partial charge in [-0.15, -0.1) is 0 Å². The van der Waals surface area contributed by atoms with E-state index in [0.717, 1.165) is 37.4 Å². The predicted octanol–water partition coefficient (Wildman–Crippen LogP) is 1.17. The van der Waals surface area contributed by atoms with Gasteiger partial charge in [-0.2, -0.15) is 9.97 Å². The summed E-state index contributed by atoms with van der Waals surface area (Å²) >= 11 is 0. The van der Waals surface area contributed by atoms with Gasteiger partial charge in [0, 0.05) is 20.1 Å². The van der Waals surface area contributed by atoms with Crippen LogP contribution in [0.2, 0.25) is 0 Å². The van der Waals surface area contributed by atoms with Crippen LogP contribution >= 0.6 is 0 Å². The largest absolute Gasteiger partial charge is 0.357 e. The van der Waals surface area contributed by atoms with Crippen LogP contribution in [0.25, 0.3) is 11.2 Å². The number of fused-ring (bicyclic) bond motifs is 1. The average molecular weight is 277 g/mol. The molecule has 0 spiro atoms. The number of imidazole rings is 1. The van der Waals surface area contributed by atoms with Gasteiger partial charge in [0.05, 0.1) is 6.33 Å². The first-order chi connectivity index (χ1) is 9.65. The minimum Gasteiger partial charge on any atom is -0.357 e. The van der Waals surface area contributed by atoms with Gasteiger partial charge in [-0.05, 0) is 34.0 Å². The second kappa shape index (κ2) is 6.51. The number of nitrogens with one attached hydrogen (secondary N) is 2. The summed E-state index contributed by atoms with van der Waals surface area (Å²) in [7, 11) is 6.00. The molecule has 0 radical (unpaired) electrons. The first-order valence-electron chi connectivity index (χ1n) is 6.94. The summed E-state index contributed by atoms with van der Waals surface area (Å²) in [5.74, 6) is 1.52. The Morgan fingerprint density at radius 2 is 2.05 bits per heavy atom. The van der Waals surface area contributed by atoms with E-state index in [1.165, 1.54) is 0 Å². The molecule has 0 aromatic carbocycles. The summed E-state index contributed by atoms with van der Waals surface area (Å²) in [6.07, 6.45) is 2.76. The highest BCUT2D eigenvalue weighted by Crippen LogP contribution is 2.22. The number of anilines is 2. The maximum atomic E-state index is 4.58. The van der Waals surface area contributed by atoms with Gasteiger partial charge in [0.25, 0.3) is 0 Å². The first-order valence-corrected chi connectivity index (χ1v) is 6.94. The fourth-order valence-electron chi connectivity index (χ4n) is 2.15. The van der Waals surface area contributed by atoms with Crippen molar-refractivity contribution in [1.82, 2.24) is 24.8 Å². The van der Waals surface area contributed by atoms with Crippen LogP contribution in [0.4, 0.5) is 11.8 Å². The fourth-order valence-corrected chi connectivity index (χ4v) is 2.15. The number of hydrogen-bond acceptors (Lipinski definition) is 6. The van der Waals surface area contributed by atoms with Gasteiger partial charge in [0.15, 0.2) is 11.5 Å². The first kappa shape index (κ1) is 14.5. The van der Waals surface area contributed by atoms with Crippen LogP contribution in [-0.4, -0.2) is 65.6 Å². The summed E-state index contributed by atoms with van der Waals surface area (Å²) < 4.78 is 0. The average Bonchev–Trinajstić information content (AvgIpc) is 2.90. The van der Waals surface area contributed by atoms with Crippen LogP contribution in [0, 0.1) is 0 Å². The van der Waals surface area contributed by atoms with Crippen LogP contribution in [0.3, 0.4) is 0 Å². The maximum Gasteiger partial charge on any atom is 0.226 e. The molecule has 0 aliphatic rings. The number of rotatable bonds is 7. The third-order valence-electron chi connectivity index (χ3n) is 3.20. The smallest absolute Gasteiger partial charge is 0.226 e. The highest BCUT2D eigenvalue weighted by atomic mass is 15.2. The third kappa shape index (κ3) is 3.16. The molecule has 0 bridgehead atoms. The van der Waals surface area contributed by atoms with Crippen molar-refractivity contribution in [3.05, 3.63) is 6.33 Å². The predicted molar refractivity (Wildman–Crippen MR) is 82.3 cm³/mol. The summed E-state index contributed by atoms with van der Waals surface area (Å²) in [5.41, 5.74) is 1.60. The van der Waals surface area contributed by atoms with Crippen molar-refractivity contribution in [2.45, 2.75) is 13.3 Å². The lowest BCUT2D eigenvalue weighted by Crippen LogP contribution is -2.28. The van der Waals surface area contributed by atoms with Gasteiger partial charge in [0.1, 0.15) is 5.52 Å². The van der Waals surface area contributed by atoms with Crippen molar-refractivity contribution >= 4 is 22.9 Å². The van der Waals surface area contributed by atoms with Gasteiger partial charge >= 0.3 is 0 Å². The van der Waals surface area contributed by atoms with Gasteiger partial charge in [0.2, 0.25) is 5.95 Å². The van der Waals surface area contributed by atoms with Crippen molar-refractivity contribution in [2.75, 3.05) is 51.0 Å². The molecule has 2 aromatic heterocycles. The monoisotopic (exact) mass is 277 g/mol. The van der Waals surface area contributed by atoms with Gasteiger partial charge < -0.3 is 20.1 Å². The maximum absolute atomic E-state index is 4.58. The van der Waals surface area contributed by atoms with E-state index in [2.05, 4.69) is 56.1 Å². The molecule has 110 valence electrons. The Bertz CT molecular complexity index is 549. The van der Waals surface area contributed by atoms with Gasteiger partial charge in [-0.25, -0.2) is 4.98 Å². The van der Waals surface area contributed by atoms with Crippen molar-refractivity contribution in [2.24, 2.45) is 0 Å². The molecule has 0 aliphatic heterocycles. The summed E-state index contributed by atoms with van der Waals surface area (Å²) in [5, 5.41) is 2.99. The number of aromatic amines is 1. The molecular formula is C13H23N7. The second-order valence-corrected chi connectivity index (χ2v) is 4.96. The van der Waals surface area contributed by atoms with Crippen molar-refractivity contribution in [3.63, 3.8) is 0 Å². The molecule has 0 saturated heterocycles.